The van der Waals surface area contributed by atoms with Crippen LogP contribution in [0, 0.1) is 5.92 Å². The molecule has 1 N–H and O–H groups in total. The van der Waals surface area contributed by atoms with Crippen LogP contribution >= 0.6 is 0 Å². The minimum absolute atomic E-state index is 0.0836. The highest BCUT2D eigenvalue weighted by atomic mass is 16.6. The molecule has 9 heteroatoms. The number of H-pyrrole nitrogens is 1. The molecule has 132 valence electrons. The van der Waals surface area contributed by atoms with Crippen molar-refractivity contribution in [3.05, 3.63) is 17.5 Å². The van der Waals surface area contributed by atoms with Gasteiger partial charge in [-0.1, -0.05) is 5.16 Å². The highest BCUT2D eigenvalue weighted by Crippen LogP contribution is 2.29. The SMILES string of the molecule is CC(=O)c1cc(C(=O)N2C[C@@H]3C(C(=O)N4CCCC4)=NO[C@@H]3C2)[nH]n1. The van der Waals surface area contributed by atoms with Crippen LogP contribution in [0.2, 0.25) is 0 Å². The molecule has 0 unspecified atom stereocenters. The lowest BCUT2D eigenvalue weighted by atomic mass is 10.00. The standard InChI is InChI=1S/C16H19N5O4/c1-9(22)11-6-12(18-17-11)15(23)21-7-10-13(8-21)25-19-14(10)16(24)20-4-2-3-5-20/h6,10,13H,2-5,7-8H2,1H3,(H,17,18)/t10-,13+/m0/s1. The first-order valence-electron chi connectivity index (χ1n) is 8.43. The largest absolute Gasteiger partial charge is 0.389 e. The Morgan fingerprint density at radius 2 is 1.92 bits per heavy atom. The first kappa shape index (κ1) is 15.8. The van der Waals surface area contributed by atoms with E-state index in [4.69, 9.17) is 4.84 Å². The maximum absolute atomic E-state index is 12.6. The molecule has 0 aromatic carbocycles. The summed E-state index contributed by atoms with van der Waals surface area (Å²) in [6.07, 6.45) is 1.73. The van der Waals surface area contributed by atoms with Crippen LogP contribution in [0.15, 0.2) is 11.2 Å². The van der Waals surface area contributed by atoms with E-state index in [0.717, 1.165) is 25.9 Å². The average Bonchev–Trinajstić information content (AvgIpc) is 3.37. The number of aromatic amines is 1. The van der Waals surface area contributed by atoms with Crippen molar-refractivity contribution in [2.45, 2.75) is 25.9 Å². The number of nitrogens with zero attached hydrogens (tertiary/aromatic N) is 4. The lowest BCUT2D eigenvalue weighted by Crippen LogP contribution is -2.39. The van der Waals surface area contributed by atoms with Crippen LogP contribution in [0.1, 0.15) is 40.7 Å². The Hall–Kier alpha value is -2.71. The predicted molar refractivity (Wildman–Crippen MR) is 86.1 cm³/mol. The number of carbonyl (C=O) groups excluding carboxylic acids is 3. The van der Waals surface area contributed by atoms with Crippen molar-refractivity contribution < 1.29 is 19.2 Å². The normalized spacial score (nSPS) is 24.9. The summed E-state index contributed by atoms with van der Waals surface area (Å²) in [7, 11) is 0. The third kappa shape index (κ3) is 2.69. The molecule has 2 saturated heterocycles. The third-order valence-electron chi connectivity index (χ3n) is 4.97. The first-order valence-corrected chi connectivity index (χ1v) is 8.43. The Kier molecular flexibility index (Phi) is 3.78. The Balaban J connectivity index is 1.45. The predicted octanol–water partition coefficient (Wildman–Crippen LogP) is 0.0615. The summed E-state index contributed by atoms with van der Waals surface area (Å²) in [4.78, 5) is 45.3. The van der Waals surface area contributed by atoms with Gasteiger partial charge in [-0.25, -0.2) is 0 Å². The molecular formula is C16H19N5O4. The second-order valence-electron chi connectivity index (χ2n) is 6.66. The fourth-order valence-corrected chi connectivity index (χ4v) is 3.56. The molecule has 1 aromatic rings. The second kappa shape index (κ2) is 5.98. The summed E-state index contributed by atoms with van der Waals surface area (Å²) >= 11 is 0. The molecule has 3 aliphatic rings. The van der Waals surface area contributed by atoms with Gasteiger partial charge in [0.05, 0.1) is 12.5 Å². The van der Waals surface area contributed by atoms with Crippen LogP contribution in [-0.2, 0) is 9.63 Å². The summed E-state index contributed by atoms with van der Waals surface area (Å²) in [6, 6.07) is 1.45. The van der Waals surface area contributed by atoms with E-state index in [1.54, 1.807) is 9.80 Å². The molecule has 25 heavy (non-hydrogen) atoms. The van der Waals surface area contributed by atoms with E-state index < -0.39 is 0 Å². The Labute approximate surface area is 144 Å². The monoisotopic (exact) mass is 345 g/mol. The summed E-state index contributed by atoms with van der Waals surface area (Å²) in [5.74, 6) is -0.750. The van der Waals surface area contributed by atoms with Gasteiger partial charge in [0, 0.05) is 26.6 Å². The van der Waals surface area contributed by atoms with Crippen molar-refractivity contribution in [1.29, 1.82) is 0 Å². The number of oxime groups is 1. The second-order valence-corrected chi connectivity index (χ2v) is 6.66. The minimum atomic E-state index is -0.291. The molecule has 0 aliphatic carbocycles. The number of carbonyl (C=O) groups is 3. The molecule has 0 spiro atoms. The molecule has 4 heterocycles. The van der Waals surface area contributed by atoms with Crippen LogP contribution < -0.4 is 0 Å². The molecule has 2 atom stereocenters. The van der Waals surface area contributed by atoms with E-state index in [0.29, 0.717) is 18.8 Å². The number of ketones is 1. The van der Waals surface area contributed by atoms with E-state index >= 15 is 0 Å². The van der Waals surface area contributed by atoms with E-state index in [2.05, 4.69) is 15.4 Å². The molecule has 0 saturated carbocycles. The van der Waals surface area contributed by atoms with Gasteiger partial charge < -0.3 is 14.6 Å². The molecular weight excluding hydrogens is 326 g/mol. The molecule has 4 rings (SSSR count). The number of amides is 2. The van der Waals surface area contributed by atoms with E-state index in [1.807, 2.05) is 0 Å². The number of nitrogens with one attached hydrogen (secondary N) is 1. The quantitative estimate of drug-likeness (QED) is 0.780. The van der Waals surface area contributed by atoms with Gasteiger partial charge in [-0.15, -0.1) is 0 Å². The molecule has 0 radical (unpaired) electrons. The zero-order valence-corrected chi connectivity index (χ0v) is 13.9. The maximum Gasteiger partial charge on any atom is 0.272 e. The molecule has 0 bridgehead atoms. The Morgan fingerprint density at radius 1 is 1.16 bits per heavy atom. The molecule has 9 nitrogen and oxygen atoms in total. The van der Waals surface area contributed by atoms with Crippen molar-refractivity contribution in [2.75, 3.05) is 26.2 Å². The van der Waals surface area contributed by atoms with Gasteiger partial charge in [0.1, 0.15) is 11.4 Å². The lowest BCUT2D eigenvalue weighted by Gasteiger charge is -2.18. The number of hydrogen-bond donors (Lipinski definition) is 1. The van der Waals surface area contributed by atoms with E-state index in [9.17, 15) is 14.4 Å². The number of likely N-dealkylation sites (tertiary alicyclic amines) is 2. The molecule has 3 aliphatic heterocycles. The Morgan fingerprint density at radius 3 is 2.60 bits per heavy atom. The van der Waals surface area contributed by atoms with Crippen LogP contribution in [-0.4, -0.2) is 75.6 Å². The third-order valence-corrected chi connectivity index (χ3v) is 4.97. The van der Waals surface area contributed by atoms with Gasteiger partial charge in [0.25, 0.3) is 11.8 Å². The van der Waals surface area contributed by atoms with Crippen molar-refractivity contribution in [3.8, 4) is 0 Å². The number of aromatic nitrogens is 2. The van der Waals surface area contributed by atoms with E-state index in [1.165, 1.54) is 13.0 Å². The minimum Gasteiger partial charge on any atom is -0.389 e. The fraction of sp³-hybridized carbons (Fsp3) is 0.562. The van der Waals surface area contributed by atoms with Crippen LogP contribution in [0.5, 0.6) is 0 Å². The zero-order chi connectivity index (χ0) is 17.6. The maximum atomic E-state index is 12.6. The summed E-state index contributed by atoms with van der Waals surface area (Å²) in [6.45, 7) is 3.62. The van der Waals surface area contributed by atoms with Crippen LogP contribution in [0.25, 0.3) is 0 Å². The van der Waals surface area contributed by atoms with Gasteiger partial charge in [-0.3, -0.25) is 19.5 Å². The van der Waals surface area contributed by atoms with Gasteiger partial charge >= 0.3 is 0 Å². The summed E-state index contributed by atoms with van der Waals surface area (Å²) < 4.78 is 0. The number of Topliss-reactive ketones (excluding diaryl/α,β-unsaturated/α-hetero) is 1. The lowest BCUT2D eigenvalue weighted by molar-refractivity contribution is -0.123. The van der Waals surface area contributed by atoms with Crippen LogP contribution in [0.3, 0.4) is 0 Å². The van der Waals surface area contributed by atoms with Crippen molar-refractivity contribution in [2.24, 2.45) is 11.1 Å². The topological polar surface area (TPSA) is 108 Å². The number of fused-ring (bicyclic) bond motifs is 1. The first-order chi connectivity index (χ1) is 12.0. The van der Waals surface area contributed by atoms with Gasteiger partial charge in [0.2, 0.25) is 0 Å². The van der Waals surface area contributed by atoms with E-state index in [-0.39, 0.29) is 41.0 Å². The van der Waals surface area contributed by atoms with Gasteiger partial charge in [-0.2, -0.15) is 5.10 Å². The van der Waals surface area contributed by atoms with Crippen molar-refractivity contribution in [3.63, 3.8) is 0 Å². The number of rotatable bonds is 3. The highest BCUT2D eigenvalue weighted by Gasteiger charge is 2.47. The number of hydrogen-bond acceptors (Lipinski definition) is 6. The van der Waals surface area contributed by atoms with Crippen LogP contribution in [0.4, 0.5) is 0 Å². The Bertz CT molecular complexity index is 764. The fourth-order valence-electron chi connectivity index (χ4n) is 3.56. The summed E-state index contributed by atoms with van der Waals surface area (Å²) in [5, 5.41) is 10.4. The molecule has 1 aromatic heterocycles. The van der Waals surface area contributed by atoms with Gasteiger partial charge in [0.15, 0.2) is 17.6 Å². The zero-order valence-electron chi connectivity index (χ0n) is 13.9. The smallest absolute Gasteiger partial charge is 0.272 e. The average molecular weight is 345 g/mol. The van der Waals surface area contributed by atoms with Gasteiger partial charge in [-0.05, 0) is 18.9 Å². The van der Waals surface area contributed by atoms with Crippen molar-refractivity contribution >= 4 is 23.3 Å². The summed E-state index contributed by atoms with van der Waals surface area (Å²) in [5.41, 5.74) is 0.899. The molecule has 2 amide bonds. The molecule has 2 fully saturated rings. The van der Waals surface area contributed by atoms with Crippen molar-refractivity contribution in [1.82, 2.24) is 20.0 Å². The highest BCUT2D eigenvalue weighted by molar-refractivity contribution is 6.40.